The molecule has 0 bridgehead atoms. The third-order valence-electron chi connectivity index (χ3n) is 3.37. The van der Waals surface area contributed by atoms with E-state index in [-0.39, 0.29) is 0 Å². The molecule has 0 aliphatic carbocycles. The largest absolute Gasteiger partial charge is 0.389 e. The zero-order valence-corrected chi connectivity index (χ0v) is 12.2. The van der Waals surface area contributed by atoms with Crippen molar-refractivity contribution < 1.29 is 5.11 Å². The molecule has 1 aromatic rings. The predicted molar refractivity (Wildman–Crippen MR) is 76.8 cm³/mol. The molecule has 0 spiro atoms. The second kappa shape index (κ2) is 6.46. The molecule has 96 valence electrons. The molecule has 1 N–H and O–H groups in total. The summed E-state index contributed by atoms with van der Waals surface area (Å²) in [6.45, 7) is 8.50. The average Bonchev–Trinajstić information content (AvgIpc) is 2.36. The lowest BCUT2D eigenvalue weighted by molar-refractivity contribution is 0.0572. The van der Waals surface area contributed by atoms with Gasteiger partial charge in [0.15, 0.2) is 0 Å². The van der Waals surface area contributed by atoms with Crippen molar-refractivity contribution in [1.82, 2.24) is 0 Å². The fourth-order valence-electron chi connectivity index (χ4n) is 1.62. The SMILES string of the molecule is CCC(O)(CC)CSc1ccc(C(C)C)cc1. The van der Waals surface area contributed by atoms with Gasteiger partial charge in [0.1, 0.15) is 0 Å². The summed E-state index contributed by atoms with van der Waals surface area (Å²) in [5, 5.41) is 10.2. The van der Waals surface area contributed by atoms with E-state index in [0.717, 1.165) is 18.6 Å². The molecule has 0 saturated heterocycles. The highest BCUT2D eigenvalue weighted by Crippen LogP contribution is 2.27. The summed E-state index contributed by atoms with van der Waals surface area (Å²) in [7, 11) is 0. The normalized spacial score (nSPS) is 12.1. The molecule has 2 heteroatoms. The maximum atomic E-state index is 10.2. The Balaban J connectivity index is 2.58. The molecule has 0 aliphatic rings. The van der Waals surface area contributed by atoms with Crippen LogP contribution in [0.3, 0.4) is 0 Å². The van der Waals surface area contributed by atoms with E-state index in [9.17, 15) is 5.11 Å². The Kier molecular flexibility index (Phi) is 5.54. The Hall–Kier alpha value is -0.470. The van der Waals surface area contributed by atoms with Crippen LogP contribution < -0.4 is 0 Å². The van der Waals surface area contributed by atoms with Crippen LogP contribution in [0, 0.1) is 0 Å². The van der Waals surface area contributed by atoms with E-state index in [1.54, 1.807) is 11.8 Å². The van der Waals surface area contributed by atoms with Crippen molar-refractivity contribution in [3.63, 3.8) is 0 Å². The standard InChI is InChI=1S/C15H24OS/c1-5-15(16,6-2)11-17-14-9-7-13(8-10-14)12(3)4/h7-10,12,16H,5-6,11H2,1-4H3. The van der Waals surface area contributed by atoms with Gasteiger partial charge < -0.3 is 5.11 Å². The minimum absolute atomic E-state index is 0.513. The van der Waals surface area contributed by atoms with Gasteiger partial charge in [-0.1, -0.05) is 39.8 Å². The lowest BCUT2D eigenvalue weighted by Gasteiger charge is -2.24. The second-order valence-electron chi connectivity index (χ2n) is 4.94. The summed E-state index contributed by atoms with van der Waals surface area (Å²) in [4.78, 5) is 1.25. The first-order chi connectivity index (χ1) is 8.00. The minimum Gasteiger partial charge on any atom is -0.389 e. The van der Waals surface area contributed by atoms with E-state index in [2.05, 4.69) is 38.1 Å². The van der Waals surface area contributed by atoms with E-state index in [4.69, 9.17) is 0 Å². The molecule has 0 unspecified atom stereocenters. The molecule has 0 aromatic heterocycles. The molecule has 0 radical (unpaired) electrons. The minimum atomic E-state index is -0.513. The summed E-state index contributed by atoms with van der Waals surface area (Å²) >= 11 is 1.75. The van der Waals surface area contributed by atoms with Gasteiger partial charge in [-0.05, 0) is 36.5 Å². The zero-order valence-electron chi connectivity index (χ0n) is 11.4. The molecule has 1 rings (SSSR count). The van der Waals surface area contributed by atoms with Crippen LogP contribution in [0.25, 0.3) is 0 Å². The van der Waals surface area contributed by atoms with Crippen molar-refractivity contribution in [2.75, 3.05) is 5.75 Å². The van der Waals surface area contributed by atoms with E-state index in [1.165, 1.54) is 10.5 Å². The van der Waals surface area contributed by atoms with Gasteiger partial charge in [0.2, 0.25) is 0 Å². The highest BCUT2D eigenvalue weighted by Gasteiger charge is 2.21. The van der Waals surface area contributed by atoms with Gasteiger partial charge in [-0.2, -0.15) is 0 Å². The Labute approximate surface area is 110 Å². The number of benzene rings is 1. The van der Waals surface area contributed by atoms with E-state index < -0.39 is 5.60 Å². The van der Waals surface area contributed by atoms with Crippen LogP contribution in [0.5, 0.6) is 0 Å². The summed E-state index contributed by atoms with van der Waals surface area (Å²) in [6.07, 6.45) is 1.64. The summed E-state index contributed by atoms with van der Waals surface area (Å²) in [5.74, 6) is 1.36. The maximum absolute atomic E-state index is 10.2. The quantitative estimate of drug-likeness (QED) is 0.755. The van der Waals surface area contributed by atoms with Gasteiger partial charge in [0.05, 0.1) is 5.60 Å². The van der Waals surface area contributed by atoms with Crippen LogP contribution in [0.15, 0.2) is 29.2 Å². The van der Waals surface area contributed by atoms with Crippen LogP contribution in [0.2, 0.25) is 0 Å². The van der Waals surface area contributed by atoms with Crippen LogP contribution in [0.4, 0.5) is 0 Å². The molecular weight excluding hydrogens is 228 g/mol. The van der Waals surface area contributed by atoms with Gasteiger partial charge in [-0.25, -0.2) is 0 Å². The van der Waals surface area contributed by atoms with Crippen LogP contribution in [-0.2, 0) is 0 Å². The average molecular weight is 252 g/mol. The highest BCUT2D eigenvalue weighted by molar-refractivity contribution is 7.99. The molecule has 0 atom stereocenters. The topological polar surface area (TPSA) is 20.2 Å². The van der Waals surface area contributed by atoms with Crippen molar-refractivity contribution in [1.29, 1.82) is 0 Å². The Morgan fingerprint density at radius 3 is 2.06 bits per heavy atom. The highest BCUT2D eigenvalue weighted by atomic mass is 32.2. The molecular formula is C15H24OS. The molecule has 1 aromatic carbocycles. The van der Waals surface area contributed by atoms with Crippen molar-refractivity contribution >= 4 is 11.8 Å². The lowest BCUT2D eigenvalue weighted by atomic mass is 10.0. The third-order valence-corrected chi connectivity index (χ3v) is 4.66. The first kappa shape index (κ1) is 14.6. The van der Waals surface area contributed by atoms with E-state index >= 15 is 0 Å². The van der Waals surface area contributed by atoms with Crippen LogP contribution in [0.1, 0.15) is 52.0 Å². The van der Waals surface area contributed by atoms with Gasteiger partial charge in [0, 0.05) is 10.6 Å². The molecule has 1 nitrogen and oxygen atoms in total. The molecule has 0 aliphatic heterocycles. The van der Waals surface area contributed by atoms with Crippen molar-refractivity contribution in [2.45, 2.75) is 57.0 Å². The van der Waals surface area contributed by atoms with E-state index in [1.807, 2.05) is 13.8 Å². The lowest BCUT2D eigenvalue weighted by Crippen LogP contribution is -2.29. The molecule has 0 amide bonds. The number of hydrogen-bond donors (Lipinski definition) is 1. The second-order valence-corrected chi connectivity index (χ2v) is 5.99. The van der Waals surface area contributed by atoms with Crippen molar-refractivity contribution in [2.24, 2.45) is 0 Å². The van der Waals surface area contributed by atoms with E-state index in [0.29, 0.717) is 5.92 Å². The fourth-order valence-corrected chi connectivity index (χ4v) is 2.79. The van der Waals surface area contributed by atoms with Crippen LogP contribution >= 0.6 is 11.8 Å². The summed E-state index contributed by atoms with van der Waals surface area (Å²) < 4.78 is 0. The molecule has 0 saturated carbocycles. The van der Waals surface area contributed by atoms with Crippen molar-refractivity contribution in [3.8, 4) is 0 Å². The Morgan fingerprint density at radius 2 is 1.65 bits per heavy atom. The number of hydrogen-bond acceptors (Lipinski definition) is 2. The predicted octanol–water partition coefficient (Wildman–Crippen LogP) is 4.45. The first-order valence-corrected chi connectivity index (χ1v) is 7.44. The fraction of sp³-hybridized carbons (Fsp3) is 0.600. The van der Waals surface area contributed by atoms with Gasteiger partial charge >= 0.3 is 0 Å². The van der Waals surface area contributed by atoms with Gasteiger partial charge in [-0.3, -0.25) is 0 Å². The van der Waals surface area contributed by atoms with Crippen LogP contribution in [-0.4, -0.2) is 16.5 Å². The Morgan fingerprint density at radius 1 is 1.12 bits per heavy atom. The number of aliphatic hydroxyl groups is 1. The van der Waals surface area contributed by atoms with Crippen molar-refractivity contribution in [3.05, 3.63) is 29.8 Å². The summed E-state index contributed by atoms with van der Waals surface area (Å²) in [6, 6.07) is 8.69. The maximum Gasteiger partial charge on any atom is 0.0736 e. The first-order valence-electron chi connectivity index (χ1n) is 6.46. The number of thioether (sulfide) groups is 1. The molecule has 0 fully saturated rings. The molecule has 0 heterocycles. The smallest absolute Gasteiger partial charge is 0.0736 e. The monoisotopic (exact) mass is 252 g/mol. The Bertz CT molecular complexity index is 325. The zero-order chi connectivity index (χ0) is 12.9. The third kappa shape index (κ3) is 4.36. The molecule has 17 heavy (non-hydrogen) atoms. The number of rotatable bonds is 6. The van der Waals surface area contributed by atoms with Gasteiger partial charge in [0.25, 0.3) is 0 Å². The van der Waals surface area contributed by atoms with Gasteiger partial charge in [-0.15, -0.1) is 11.8 Å². The summed E-state index contributed by atoms with van der Waals surface area (Å²) in [5.41, 5.74) is 0.858.